The van der Waals surface area contributed by atoms with Gasteiger partial charge in [-0.2, -0.15) is 0 Å². The lowest BCUT2D eigenvalue weighted by molar-refractivity contribution is 0.0250. The fraction of sp³-hybridized carbons (Fsp3) is 0.250. The lowest BCUT2D eigenvalue weighted by Gasteiger charge is -2.32. The van der Waals surface area contributed by atoms with Crippen molar-refractivity contribution >= 4 is 45.7 Å². The number of pyridine rings is 1. The van der Waals surface area contributed by atoms with Gasteiger partial charge in [-0.25, -0.2) is 14.8 Å². The van der Waals surface area contributed by atoms with Gasteiger partial charge in [0.25, 0.3) is 5.91 Å². The van der Waals surface area contributed by atoms with Crippen molar-refractivity contribution in [3.8, 4) is 10.6 Å². The molecule has 4 heterocycles. The van der Waals surface area contributed by atoms with E-state index in [1.165, 1.54) is 7.11 Å². The van der Waals surface area contributed by atoms with Crippen LogP contribution in [-0.4, -0.2) is 48.1 Å². The first-order valence-electron chi connectivity index (χ1n) is 13.7. The van der Waals surface area contributed by atoms with E-state index in [9.17, 15) is 9.59 Å². The minimum Gasteiger partial charge on any atom is -0.465 e. The fourth-order valence-corrected chi connectivity index (χ4v) is 5.78. The summed E-state index contributed by atoms with van der Waals surface area (Å²) in [5.74, 6) is 0.467. The Morgan fingerprint density at radius 3 is 2.69 bits per heavy atom. The number of fused-ring (bicyclic) bond motifs is 1. The van der Waals surface area contributed by atoms with Gasteiger partial charge in [-0.15, -0.1) is 11.3 Å². The molecule has 0 unspecified atom stereocenters. The van der Waals surface area contributed by atoms with Gasteiger partial charge < -0.3 is 24.1 Å². The maximum Gasteiger partial charge on any atom is 0.337 e. The summed E-state index contributed by atoms with van der Waals surface area (Å²) in [4.78, 5) is 36.0. The first-order valence-corrected chi connectivity index (χ1v) is 14.6. The molecule has 1 saturated heterocycles. The van der Waals surface area contributed by atoms with Crippen LogP contribution in [0, 0.1) is 6.92 Å². The van der Waals surface area contributed by atoms with Crippen LogP contribution in [0.15, 0.2) is 76.8 Å². The van der Waals surface area contributed by atoms with Crippen LogP contribution in [0.4, 0.5) is 11.5 Å². The van der Waals surface area contributed by atoms with Crippen LogP contribution in [0.3, 0.4) is 0 Å². The number of rotatable bonds is 8. The van der Waals surface area contributed by atoms with E-state index in [0.29, 0.717) is 23.4 Å². The molecule has 1 aliphatic rings. The van der Waals surface area contributed by atoms with Crippen LogP contribution in [0.1, 0.15) is 44.9 Å². The van der Waals surface area contributed by atoms with Crippen LogP contribution in [-0.2, 0) is 16.1 Å². The molecule has 1 aliphatic heterocycles. The molecule has 0 radical (unpaired) electrons. The zero-order valence-corrected chi connectivity index (χ0v) is 24.1. The number of thiazole rings is 1. The molecule has 0 aliphatic carbocycles. The van der Waals surface area contributed by atoms with Gasteiger partial charge in [-0.3, -0.25) is 4.79 Å². The number of carbonyl (C=O) groups is 2. The number of piperidine rings is 1. The SMILES string of the molecule is COC(=O)c1cccc(COC2CCN(c3ccc(NC(=O)c4oc5ccc(-c6nccs6)cc5c4C)cn3)CC2)c1. The van der Waals surface area contributed by atoms with Gasteiger partial charge in [-0.1, -0.05) is 12.1 Å². The Bertz CT molecular complexity index is 1710. The number of furan rings is 1. The van der Waals surface area contributed by atoms with Crippen LogP contribution in [0.2, 0.25) is 0 Å². The number of amides is 1. The number of aryl methyl sites for hydroxylation is 1. The van der Waals surface area contributed by atoms with E-state index in [4.69, 9.17) is 13.9 Å². The number of nitrogens with one attached hydrogen (secondary N) is 1. The van der Waals surface area contributed by atoms with Crippen LogP contribution in [0.25, 0.3) is 21.5 Å². The molecule has 0 saturated carbocycles. The second-order valence-electron chi connectivity index (χ2n) is 10.2. The Morgan fingerprint density at radius 1 is 1.10 bits per heavy atom. The standard InChI is InChI=1S/C32H30N4O5S/c1-20-26-17-22(31-33-12-15-42-31)6-8-27(26)41-29(20)30(37)35-24-7-9-28(34-18-24)36-13-10-25(11-14-36)40-19-21-4-3-5-23(16-21)32(38)39-2/h3-9,12,15-18,25H,10-11,13-14,19H2,1-2H3,(H,35,37). The van der Waals surface area contributed by atoms with Crippen molar-refractivity contribution in [1.29, 1.82) is 0 Å². The highest BCUT2D eigenvalue weighted by atomic mass is 32.1. The van der Waals surface area contributed by atoms with Gasteiger partial charge in [0.15, 0.2) is 5.76 Å². The van der Waals surface area contributed by atoms with Crippen molar-refractivity contribution in [1.82, 2.24) is 9.97 Å². The predicted octanol–water partition coefficient (Wildman–Crippen LogP) is 6.48. The Morgan fingerprint density at radius 2 is 1.95 bits per heavy atom. The lowest BCUT2D eigenvalue weighted by Crippen LogP contribution is -2.37. The number of hydrogen-bond donors (Lipinski definition) is 1. The number of nitrogens with zero attached hydrogens (tertiary/aromatic N) is 3. The van der Waals surface area contributed by atoms with Crippen molar-refractivity contribution in [3.63, 3.8) is 0 Å². The summed E-state index contributed by atoms with van der Waals surface area (Å²) < 4.78 is 16.8. The summed E-state index contributed by atoms with van der Waals surface area (Å²) in [7, 11) is 1.38. The van der Waals surface area contributed by atoms with E-state index in [0.717, 1.165) is 58.8 Å². The van der Waals surface area contributed by atoms with Crippen molar-refractivity contribution in [2.24, 2.45) is 0 Å². The van der Waals surface area contributed by atoms with E-state index in [1.807, 2.05) is 54.8 Å². The first kappa shape index (κ1) is 27.6. The highest BCUT2D eigenvalue weighted by Gasteiger charge is 2.22. The molecular weight excluding hydrogens is 552 g/mol. The lowest BCUT2D eigenvalue weighted by atomic mass is 10.1. The summed E-state index contributed by atoms with van der Waals surface area (Å²) in [6.45, 7) is 3.96. The maximum absolute atomic E-state index is 13.1. The average Bonchev–Trinajstić information content (AvgIpc) is 3.69. The molecule has 5 aromatic rings. The molecule has 6 rings (SSSR count). The molecule has 1 amide bonds. The zero-order chi connectivity index (χ0) is 29.1. The molecule has 1 fully saturated rings. The number of anilines is 2. The average molecular weight is 583 g/mol. The number of methoxy groups -OCH3 is 1. The van der Waals surface area contributed by atoms with Crippen LogP contribution in [0.5, 0.6) is 0 Å². The molecule has 1 N–H and O–H groups in total. The number of benzene rings is 2. The predicted molar refractivity (Wildman–Crippen MR) is 162 cm³/mol. The van der Waals surface area contributed by atoms with Crippen molar-refractivity contribution in [2.75, 3.05) is 30.4 Å². The third-order valence-corrected chi connectivity index (χ3v) is 8.25. The third kappa shape index (κ3) is 5.90. The van der Waals surface area contributed by atoms with Crippen LogP contribution < -0.4 is 10.2 Å². The van der Waals surface area contributed by atoms with Crippen molar-refractivity contribution in [3.05, 3.63) is 94.8 Å². The van der Waals surface area contributed by atoms with Crippen LogP contribution >= 0.6 is 11.3 Å². The minimum atomic E-state index is -0.352. The summed E-state index contributed by atoms with van der Waals surface area (Å²) in [5.41, 5.74) is 4.50. The summed E-state index contributed by atoms with van der Waals surface area (Å²) in [6.07, 6.45) is 5.31. The molecule has 2 aromatic carbocycles. The fourth-order valence-electron chi connectivity index (χ4n) is 5.14. The Kier molecular flexibility index (Phi) is 7.98. The quantitative estimate of drug-likeness (QED) is 0.207. The van der Waals surface area contributed by atoms with Crippen molar-refractivity contribution in [2.45, 2.75) is 32.5 Å². The minimum absolute atomic E-state index is 0.131. The smallest absolute Gasteiger partial charge is 0.337 e. The molecular formula is C32H30N4O5S. The van der Waals surface area contributed by atoms with Gasteiger partial charge in [0, 0.05) is 41.2 Å². The molecule has 3 aromatic heterocycles. The van der Waals surface area contributed by atoms with Crippen molar-refractivity contribution < 1.29 is 23.5 Å². The van der Waals surface area contributed by atoms with E-state index in [1.54, 1.807) is 35.9 Å². The molecule has 10 heteroatoms. The first-order chi connectivity index (χ1) is 20.5. The van der Waals surface area contributed by atoms with E-state index in [2.05, 4.69) is 20.2 Å². The van der Waals surface area contributed by atoms with E-state index < -0.39 is 0 Å². The number of ether oxygens (including phenoxy) is 2. The number of esters is 1. The monoisotopic (exact) mass is 582 g/mol. The number of carbonyl (C=O) groups excluding carboxylic acids is 2. The summed E-state index contributed by atoms with van der Waals surface area (Å²) >= 11 is 1.57. The molecule has 0 bridgehead atoms. The summed E-state index contributed by atoms with van der Waals surface area (Å²) in [6, 6.07) is 16.9. The number of hydrogen-bond acceptors (Lipinski definition) is 9. The van der Waals surface area contributed by atoms with Gasteiger partial charge in [-0.05, 0) is 67.8 Å². The molecule has 0 atom stereocenters. The molecule has 0 spiro atoms. The normalized spacial score (nSPS) is 13.8. The van der Waals surface area contributed by atoms with E-state index in [-0.39, 0.29) is 23.7 Å². The zero-order valence-electron chi connectivity index (χ0n) is 23.3. The van der Waals surface area contributed by atoms with Gasteiger partial charge in [0.2, 0.25) is 0 Å². The van der Waals surface area contributed by atoms with E-state index >= 15 is 0 Å². The van der Waals surface area contributed by atoms with Gasteiger partial charge in [0.1, 0.15) is 16.4 Å². The largest absolute Gasteiger partial charge is 0.465 e. The van der Waals surface area contributed by atoms with Gasteiger partial charge in [0.05, 0.1) is 37.3 Å². The molecule has 42 heavy (non-hydrogen) atoms. The Labute approximate surface area is 247 Å². The summed E-state index contributed by atoms with van der Waals surface area (Å²) in [5, 5.41) is 6.67. The maximum atomic E-state index is 13.1. The highest BCUT2D eigenvalue weighted by molar-refractivity contribution is 7.13. The highest BCUT2D eigenvalue weighted by Crippen LogP contribution is 2.31. The Balaban J connectivity index is 1.03. The molecule has 9 nitrogen and oxygen atoms in total. The Hall–Kier alpha value is -4.54. The topological polar surface area (TPSA) is 107 Å². The number of aromatic nitrogens is 2. The third-order valence-electron chi connectivity index (χ3n) is 7.43. The second kappa shape index (κ2) is 12.1. The molecule has 214 valence electrons. The second-order valence-corrected chi connectivity index (χ2v) is 11.0. The van der Waals surface area contributed by atoms with Gasteiger partial charge >= 0.3 is 5.97 Å².